The molecule has 0 aliphatic heterocycles. The van der Waals surface area contributed by atoms with Crippen LogP contribution in [0, 0.1) is 0 Å². The highest BCUT2D eigenvalue weighted by atomic mass is 16.6. The summed E-state index contributed by atoms with van der Waals surface area (Å²) in [6.45, 7) is 12.0. The molecular weight excluding hydrogens is 805 g/mol. The van der Waals surface area contributed by atoms with Crippen LogP contribution in [0.15, 0.2) is 0 Å². The van der Waals surface area contributed by atoms with E-state index in [0.29, 0.717) is 70.6 Å². The fourth-order valence-electron chi connectivity index (χ4n) is 7.39. The minimum atomic E-state index is -0.241. The Morgan fingerprint density at radius 1 is 0.286 bits per heavy atom. The Morgan fingerprint density at radius 3 is 0.810 bits per heavy atom. The monoisotopic (exact) mass is 897 g/mol. The molecule has 0 aromatic carbocycles. The third-order valence-electron chi connectivity index (χ3n) is 11.4. The van der Waals surface area contributed by atoms with Crippen molar-refractivity contribution in [3.63, 3.8) is 0 Å². The molecule has 0 bridgehead atoms. The van der Waals surface area contributed by atoms with Gasteiger partial charge in [-0.25, -0.2) is 0 Å². The zero-order chi connectivity index (χ0) is 46.8. The zero-order valence-electron chi connectivity index (χ0n) is 41.0. The molecule has 0 rings (SSSR count). The van der Waals surface area contributed by atoms with E-state index < -0.39 is 0 Å². The lowest BCUT2D eigenvalue weighted by Crippen LogP contribution is -2.23. The summed E-state index contributed by atoms with van der Waals surface area (Å²) >= 11 is 0. The molecule has 0 fully saturated rings. The van der Waals surface area contributed by atoms with Gasteiger partial charge in [-0.05, 0) is 89.9 Å². The van der Waals surface area contributed by atoms with Crippen LogP contribution >= 0.6 is 0 Å². The van der Waals surface area contributed by atoms with Gasteiger partial charge < -0.3 is 28.4 Å². The molecule has 0 heterocycles. The van der Waals surface area contributed by atoms with Crippen LogP contribution in [0.2, 0.25) is 0 Å². The Kier molecular flexibility index (Phi) is 40.6. The molecule has 12 nitrogen and oxygen atoms in total. The number of esters is 6. The lowest BCUT2D eigenvalue weighted by molar-refractivity contribution is -0.153. The second-order valence-electron chi connectivity index (χ2n) is 17.1. The topological polar surface area (TPSA) is 158 Å². The molecule has 0 amide bonds. The predicted molar refractivity (Wildman–Crippen MR) is 248 cm³/mol. The van der Waals surface area contributed by atoms with Gasteiger partial charge in [-0.1, -0.05) is 119 Å². The van der Waals surface area contributed by atoms with Crippen LogP contribution in [0.4, 0.5) is 0 Å². The summed E-state index contributed by atoms with van der Waals surface area (Å²) in [7, 11) is 0. The Bertz CT molecular complexity index is 1080. The summed E-state index contributed by atoms with van der Waals surface area (Å²) < 4.78 is 33.6. The van der Waals surface area contributed by atoms with Gasteiger partial charge >= 0.3 is 35.8 Å². The van der Waals surface area contributed by atoms with Crippen molar-refractivity contribution < 1.29 is 57.2 Å². The lowest BCUT2D eigenvalue weighted by atomic mass is 10.00. The van der Waals surface area contributed by atoms with Crippen molar-refractivity contribution in [2.45, 2.75) is 278 Å². The summed E-state index contributed by atoms with van der Waals surface area (Å²) in [5.74, 6) is -1.26. The minimum Gasteiger partial charge on any atom is -0.466 e. The normalized spacial score (nSPS) is 13.0. The molecule has 0 aromatic rings. The van der Waals surface area contributed by atoms with Gasteiger partial charge in [0.15, 0.2) is 0 Å². The highest BCUT2D eigenvalue weighted by Crippen LogP contribution is 2.22. The van der Waals surface area contributed by atoms with E-state index >= 15 is 0 Å². The molecule has 0 aliphatic carbocycles. The molecule has 63 heavy (non-hydrogen) atoms. The number of hydrogen-bond acceptors (Lipinski definition) is 12. The number of rotatable bonds is 44. The largest absolute Gasteiger partial charge is 0.466 e. The van der Waals surface area contributed by atoms with E-state index in [-0.39, 0.29) is 73.4 Å². The van der Waals surface area contributed by atoms with Crippen LogP contribution in [0.1, 0.15) is 253 Å². The molecule has 12 heteroatoms. The van der Waals surface area contributed by atoms with Crippen molar-refractivity contribution in [1.29, 1.82) is 0 Å². The first kappa shape index (κ1) is 59.8. The van der Waals surface area contributed by atoms with Crippen LogP contribution in [-0.4, -0.2) is 73.4 Å². The van der Waals surface area contributed by atoms with E-state index in [9.17, 15) is 28.8 Å². The SMILES string of the molecule is CCCCCCC(CCC(CCCCCCCC(=O)OCCCOC(=O)CCCCCCCC(CCC(CCCCCC)OC(=O)CC)OC(=O)CC)OC(=O)CC)OC(=O)CC. The summed E-state index contributed by atoms with van der Waals surface area (Å²) in [5.41, 5.74) is 0. The molecule has 0 N–H and O–H groups in total. The molecule has 0 saturated carbocycles. The molecular formula is C51H92O12. The maximum Gasteiger partial charge on any atom is 0.305 e. The molecule has 0 radical (unpaired) electrons. The first-order valence-corrected chi connectivity index (χ1v) is 25.6. The average Bonchev–Trinajstić information content (AvgIpc) is 3.28. The van der Waals surface area contributed by atoms with Gasteiger partial charge in [0.2, 0.25) is 0 Å². The average molecular weight is 897 g/mol. The number of carbonyl (C=O) groups excluding carboxylic acids is 6. The fourth-order valence-corrected chi connectivity index (χ4v) is 7.39. The Hall–Kier alpha value is -3.18. The Labute approximate surface area is 383 Å². The molecule has 0 saturated heterocycles. The van der Waals surface area contributed by atoms with Crippen LogP contribution in [0.3, 0.4) is 0 Å². The van der Waals surface area contributed by atoms with Crippen molar-refractivity contribution in [3.05, 3.63) is 0 Å². The second-order valence-corrected chi connectivity index (χ2v) is 17.1. The number of carbonyl (C=O) groups is 6. The lowest BCUT2D eigenvalue weighted by Gasteiger charge is -2.22. The van der Waals surface area contributed by atoms with Gasteiger partial charge in [-0.2, -0.15) is 0 Å². The summed E-state index contributed by atoms with van der Waals surface area (Å²) in [6, 6.07) is 0. The van der Waals surface area contributed by atoms with Gasteiger partial charge in [0.05, 0.1) is 13.2 Å². The van der Waals surface area contributed by atoms with E-state index in [2.05, 4.69) is 13.8 Å². The molecule has 0 aromatic heterocycles. The van der Waals surface area contributed by atoms with Crippen LogP contribution in [-0.2, 0) is 57.2 Å². The van der Waals surface area contributed by atoms with E-state index in [1.54, 1.807) is 27.7 Å². The Morgan fingerprint density at radius 2 is 0.540 bits per heavy atom. The predicted octanol–water partition coefficient (Wildman–Crippen LogP) is 12.7. The fraction of sp³-hybridized carbons (Fsp3) is 0.882. The maximum absolute atomic E-state index is 12.2. The summed E-state index contributed by atoms with van der Waals surface area (Å²) in [5, 5.41) is 0. The van der Waals surface area contributed by atoms with Crippen molar-refractivity contribution in [1.82, 2.24) is 0 Å². The van der Waals surface area contributed by atoms with Gasteiger partial charge in [0.25, 0.3) is 0 Å². The van der Waals surface area contributed by atoms with Crippen LogP contribution < -0.4 is 0 Å². The van der Waals surface area contributed by atoms with Crippen molar-refractivity contribution >= 4 is 35.8 Å². The van der Waals surface area contributed by atoms with E-state index in [0.717, 1.165) is 128 Å². The van der Waals surface area contributed by atoms with E-state index in [1.165, 1.54) is 12.8 Å². The Balaban J connectivity index is 4.21. The highest BCUT2D eigenvalue weighted by molar-refractivity contribution is 5.71. The number of hydrogen-bond donors (Lipinski definition) is 0. The van der Waals surface area contributed by atoms with E-state index in [4.69, 9.17) is 28.4 Å². The van der Waals surface area contributed by atoms with E-state index in [1.807, 2.05) is 0 Å². The number of unbranched alkanes of at least 4 members (excludes halogenated alkanes) is 14. The molecule has 0 aliphatic rings. The van der Waals surface area contributed by atoms with Crippen molar-refractivity contribution in [2.24, 2.45) is 0 Å². The maximum atomic E-state index is 12.2. The molecule has 4 unspecified atom stereocenters. The van der Waals surface area contributed by atoms with Gasteiger partial charge in [0, 0.05) is 44.9 Å². The first-order chi connectivity index (χ1) is 30.5. The van der Waals surface area contributed by atoms with Gasteiger partial charge in [0.1, 0.15) is 24.4 Å². The minimum absolute atomic E-state index is 0.140. The van der Waals surface area contributed by atoms with Crippen LogP contribution in [0.5, 0.6) is 0 Å². The van der Waals surface area contributed by atoms with Crippen LogP contribution in [0.25, 0.3) is 0 Å². The molecule has 0 spiro atoms. The van der Waals surface area contributed by atoms with Gasteiger partial charge in [-0.15, -0.1) is 0 Å². The summed E-state index contributed by atoms with van der Waals surface area (Å²) in [6.07, 6.45) is 25.8. The standard InChI is InChI=1S/C51H92O12/c1-7-13-15-23-30-42(60-46(52)9-3)36-38-44(62-48(54)11-5)32-25-19-17-21-27-34-50(56)58-40-29-41-59-51(57)35-28-22-18-20-26-33-45(63-49(55)12-6)39-37-43(61-47(53)10-4)31-24-16-14-8-2/h42-45H,7-41H2,1-6H3. The van der Waals surface area contributed by atoms with Crippen molar-refractivity contribution in [3.8, 4) is 0 Å². The molecule has 368 valence electrons. The smallest absolute Gasteiger partial charge is 0.305 e. The quantitative estimate of drug-likeness (QED) is 0.0324. The second kappa shape index (κ2) is 42.8. The summed E-state index contributed by atoms with van der Waals surface area (Å²) in [4.78, 5) is 72.7. The first-order valence-electron chi connectivity index (χ1n) is 25.6. The third-order valence-corrected chi connectivity index (χ3v) is 11.4. The highest BCUT2D eigenvalue weighted by Gasteiger charge is 2.21. The molecule has 4 atom stereocenters. The van der Waals surface area contributed by atoms with Gasteiger partial charge in [-0.3, -0.25) is 28.8 Å². The third kappa shape index (κ3) is 37.9. The number of ether oxygens (including phenoxy) is 6. The zero-order valence-corrected chi connectivity index (χ0v) is 41.0. The van der Waals surface area contributed by atoms with Crippen molar-refractivity contribution in [2.75, 3.05) is 13.2 Å².